The van der Waals surface area contributed by atoms with Gasteiger partial charge in [0.25, 0.3) is 0 Å². The third kappa shape index (κ3) is 3.28. The molecule has 2 N–H and O–H groups in total. The third-order valence-electron chi connectivity index (χ3n) is 2.51. The molecule has 2 rings (SSSR count). The van der Waals surface area contributed by atoms with Crippen molar-refractivity contribution in [2.45, 2.75) is 13.5 Å². The van der Waals surface area contributed by atoms with E-state index in [1.807, 2.05) is 31.2 Å². The summed E-state index contributed by atoms with van der Waals surface area (Å²) in [7, 11) is 0. The Balaban J connectivity index is 1.88. The minimum absolute atomic E-state index is 0.293. The SMILES string of the molecule is Cc1ccccc1CNC(=O)Nc1cnccn1. The molecule has 0 radical (unpaired) electrons. The third-order valence-corrected chi connectivity index (χ3v) is 2.51. The molecule has 18 heavy (non-hydrogen) atoms. The summed E-state index contributed by atoms with van der Waals surface area (Å²) in [5, 5.41) is 5.38. The number of nitrogens with one attached hydrogen (secondary N) is 2. The van der Waals surface area contributed by atoms with Crippen molar-refractivity contribution in [3.8, 4) is 0 Å². The Bertz CT molecular complexity index is 528. The molecule has 0 unspecified atom stereocenters. The highest BCUT2D eigenvalue weighted by atomic mass is 16.2. The van der Waals surface area contributed by atoms with Gasteiger partial charge in [-0.1, -0.05) is 24.3 Å². The minimum Gasteiger partial charge on any atom is -0.334 e. The molecule has 0 aliphatic rings. The van der Waals surface area contributed by atoms with E-state index in [2.05, 4.69) is 20.6 Å². The van der Waals surface area contributed by atoms with Crippen molar-refractivity contribution in [3.05, 3.63) is 54.0 Å². The van der Waals surface area contributed by atoms with Crippen LogP contribution in [0.15, 0.2) is 42.9 Å². The van der Waals surface area contributed by atoms with Crippen LogP contribution in [0.1, 0.15) is 11.1 Å². The van der Waals surface area contributed by atoms with Crippen LogP contribution >= 0.6 is 0 Å². The van der Waals surface area contributed by atoms with Crippen LogP contribution in [0, 0.1) is 6.92 Å². The largest absolute Gasteiger partial charge is 0.334 e. The number of amides is 2. The summed E-state index contributed by atoms with van der Waals surface area (Å²) in [5.41, 5.74) is 2.24. The number of aromatic nitrogens is 2. The fraction of sp³-hybridized carbons (Fsp3) is 0.154. The number of nitrogens with zero attached hydrogens (tertiary/aromatic N) is 2. The van der Waals surface area contributed by atoms with Gasteiger partial charge in [0.2, 0.25) is 0 Å². The van der Waals surface area contributed by atoms with Crippen LogP contribution in [0.5, 0.6) is 0 Å². The lowest BCUT2D eigenvalue weighted by Crippen LogP contribution is -2.28. The molecule has 0 aliphatic carbocycles. The number of hydrogen-bond donors (Lipinski definition) is 2. The topological polar surface area (TPSA) is 66.9 Å². The first-order valence-electron chi connectivity index (χ1n) is 5.61. The van der Waals surface area contributed by atoms with Gasteiger partial charge in [0.15, 0.2) is 5.82 Å². The molecule has 0 aliphatic heterocycles. The fourth-order valence-electron chi connectivity index (χ4n) is 1.51. The fourth-order valence-corrected chi connectivity index (χ4v) is 1.51. The van der Waals surface area contributed by atoms with Gasteiger partial charge < -0.3 is 5.32 Å². The molecule has 1 aromatic carbocycles. The van der Waals surface area contributed by atoms with Gasteiger partial charge in [-0.15, -0.1) is 0 Å². The van der Waals surface area contributed by atoms with Gasteiger partial charge in [-0.05, 0) is 18.1 Å². The zero-order chi connectivity index (χ0) is 12.8. The van der Waals surface area contributed by atoms with Crippen LogP contribution in [-0.2, 0) is 6.54 Å². The van der Waals surface area contributed by atoms with Gasteiger partial charge in [-0.3, -0.25) is 10.3 Å². The maximum absolute atomic E-state index is 11.6. The lowest BCUT2D eigenvalue weighted by Gasteiger charge is -2.08. The number of carbonyl (C=O) groups is 1. The first-order valence-corrected chi connectivity index (χ1v) is 5.61. The predicted octanol–water partition coefficient (Wildman–Crippen LogP) is 2.11. The van der Waals surface area contributed by atoms with E-state index < -0.39 is 0 Å². The van der Waals surface area contributed by atoms with Crippen LogP contribution < -0.4 is 10.6 Å². The summed E-state index contributed by atoms with van der Waals surface area (Å²) < 4.78 is 0. The number of aryl methyl sites for hydroxylation is 1. The lowest BCUT2D eigenvalue weighted by molar-refractivity contribution is 0.251. The summed E-state index contributed by atoms with van der Waals surface area (Å²) in [4.78, 5) is 19.4. The van der Waals surface area contributed by atoms with Crippen LogP contribution in [0.2, 0.25) is 0 Å². The molecule has 92 valence electrons. The van der Waals surface area contributed by atoms with Crippen molar-refractivity contribution < 1.29 is 4.79 Å². The van der Waals surface area contributed by atoms with Gasteiger partial charge in [0.05, 0.1) is 6.20 Å². The summed E-state index contributed by atoms with van der Waals surface area (Å²) in [5.74, 6) is 0.430. The summed E-state index contributed by atoms with van der Waals surface area (Å²) >= 11 is 0. The van der Waals surface area contributed by atoms with Crippen molar-refractivity contribution in [3.63, 3.8) is 0 Å². The number of rotatable bonds is 3. The molecule has 0 saturated heterocycles. The highest BCUT2D eigenvalue weighted by Crippen LogP contribution is 2.06. The summed E-state index contributed by atoms with van der Waals surface area (Å²) in [6.07, 6.45) is 4.57. The molecule has 5 nitrogen and oxygen atoms in total. The zero-order valence-corrected chi connectivity index (χ0v) is 10.1. The van der Waals surface area contributed by atoms with Gasteiger partial charge >= 0.3 is 6.03 Å². The van der Waals surface area contributed by atoms with Gasteiger partial charge in [-0.2, -0.15) is 0 Å². The van der Waals surface area contributed by atoms with Gasteiger partial charge in [0.1, 0.15) is 0 Å². The highest BCUT2D eigenvalue weighted by molar-refractivity contribution is 5.87. The predicted molar refractivity (Wildman–Crippen MR) is 69.1 cm³/mol. The average molecular weight is 242 g/mol. The monoisotopic (exact) mass is 242 g/mol. The van der Waals surface area contributed by atoms with Crippen LogP contribution in [0.25, 0.3) is 0 Å². The maximum Gasteiger partial charge on any atom is 0.320 e. The van der Waals surface area contributed by atoms with Crippen LogP contribution in [0.3, 0.4) is 0 Å². The Morgan fingerprint density at radius 3 is 2.83 bits per heavy atom. The van der Waals surface area contributed by atoms with E-state index in [0.717, 1.165) is 11.1 Å². The molecule has 1 aromatic heterocycles. The number of hydrogen-bond acceptors (Lipinski definition) is 3. The van der Waals surface area contributed by atoms with E-state index in [0.29, 0.717) is 12.4 Å². The number of benzene rings is 1. The quantitative estimate of drug-likeness (QED) is 0.866. The van der Waals surface area contributed by atoms with Crippen LogP contribution in [-0.4, -0.2) is 16.0 Å². The molecule has 2 aromatic rings. The van der Waals surface area contributed by atoms with Gasteiger partial charge in [-0.25, -0.2) is 9.78 Å². The Labute approximate surface area is 105 Å². The number of urea groups is 1. The Hall–Kier alpha value is -2.43. The van der Waals surface area contributed by atoms with Crippen molar-refractivity contribution >= 4 is 11.8 Å². The molecule has 0 fully saturated rings. The van der Waals surface area contributed by atoms with Crippen molar-refractivity contribution in [1.29, 1.82) is 0 Å². The van der Waals surface area contributed by atoms with Crippen molar-refractivity contribution in [2.75, 3.05) is 5.32 Å². The van der Waals surface area contributed by atoms with E-state index >= 15 is 0 Å². The molecule has 1 heterocycles. The van der Waals surface area contributed by atoms with E-state index in [1.54, 1.807) is 6.20 Å². The number of anilines is 1. The van der Waals surface area contributed by atoms with E-state index in [4.69, 9.17) is 0 Å². The molecule has 2 amide bonds. The molecule has 0 spiro atoms. The van der Waals surface area contributed by atoms with Crippen molar-refractivity contribution in [1.82, 2.24) is 15.3 Å². The first-order chi connectivity index (χ1) is 8.75. The highest BCUT2D eigenvalue weighted by Gasteiger charge is 2.03. The van der Waals surface area contributed by atoms with E-state index in [9.17, 15) is 4.79 Å². The maximum atomic E-state index is 11.6. The number of carbonyl (C=O) groups excluding carboxylic acids is 1. The smallest absolute Gasteiger partial charge is 0.320 e. The standard InChI is InChI=1S/C13H14N4O/c1-10-4-2-3-5-11(10)8-16-13(18)17-12-9-14-6-7-15-12/h2-7,9H,8H2,1H3,(H2,15,16,17,18). The molecule has 0 bridgehead atoms. The molecule has 0 saturated carbocycles. The Kier molecular flexibility index (Phi) is 3.86. The van der Waals surface area contributed by atoms with E-state index in [1.165, 1.54) is 12.4 Å². The minimum atomic E-state index is -0.293. The van der Waals surface area contributed by atoms with Crippen molar-refractivity contribution in [2.24, 2.45) is 0 Å². The second-order valence-electron chi connectivity index (χ2n) is 3.82. The normalized spacial score (nSPS) is 9.83. The second kappa shape index (κ2) is 5.77. The van der Waals surface area contributed by atoms with Gasteiger partial charge in [0, 0.05) is 18.9 Å². The summed E-state index contributed by atoms with van der Waals surface area (Å²) in [6.45, 7) is 2.50. The first kappa shape index (κ1) is 12.0. The molecule has 5 heteroatoms. The lowest BCUT2D eigenvalue weighted by atomic mass is 10.1. The summed E-state index contributed by atoms with van der Waals surface area (Å²) in [6, 6.07) is 7.62. The van der Waals surface area contributed by atoms with Crippen LogP contribution in [0.4, 0.5) is 10.6 Å². The molecular weight excluding hydrogens is 228 g/mol. The average Bonchev–Trinajstić information content (AvgIpc) is 2.39. The zero-order valence-electron chi connectivity index (χ0n) is 10.1. The Morgan fingerprint density at radius 2 is 2.11 bits per heavy atom. The molecule has 0 atom stereocenters. The molecular formula is C13H14N4O. The van der Waals surface area contributed by atoms with E-state index in [-0.39, 0.29) is 6.03 Å². The second-order valence-corrected chi connectivity index (χ2v) is 3.82. The Morgan fingerprint density at radius 1 is 1.28 bits per heavy atom.